The molecule has 0 fully saturated rings. The topological polar surface area (TPSA) is 75.6 Å². The summed E-state index contributed by atoms with van der Waals surface area (Å²) in [5.41, 5.74) is 0.480. The van der Waals surface area contributed by atoms with Crippen LogP contribution in [-0.2, 0) is 9.59 Å². The molecule has 0 radical (unpaired) electrons. The van der Waals surface area contributed by atoms with Crippen LogP contribution in [0.15, 0.2) is 36.9 Å². The van der Waals surface area contributed by atoms with Gasteiger partial charge in [-0.05, 0) is 19.1 Å². The monoisotopic (exact) mass is 309 g/mol. The number of nitrogens with one attached hydrogen (secondary N) is 1. The number of hydrogen-bond donors (Lipinski definition) is 2. The van der Waals surface area contributed by atoms with Crippen molar-refractivity contribution in [3.05, 3.63) is 47.5 Å². The molecule has 112 valence electrons. The summed E-state index contributed by atoms with van der Waals surface area (Å²) in [7, 11) is 0. The molecule has 0 aliphatic carbocycles. The second-order valence-electron chi connectivity index (χ2n) is 4.12. The number of halogens is 1. The molecule has 0 spiro atoms. The minimum absolute atomic E-state index is 0.262. The maximum atomic E-state index is 11.8. The first-order chi connectivity index (χ1) is 9.95. The Hall–Kier alpha value is -2.27. The summed E-state index contributed by atoms with van der Waals surface area (Å²) in [6, 6.07) is 4.91. The second kappa shape index (κ2) is 8.11. The number of carbonyl (C=O) groups excluding carboxylic acids is 1. The van der Waals surface area contributed by atoms with Crippen molar-refractivity contribution in [1.29, 1.82) is 0 Å². The first-order valence-corrected chi connectivity index (χ1v) is 6.58. The fourth-order valence-corrected chi connectivity index (χ4v) is 1.72. The lowest BCUT2D eigenvalue weighted by Gasteiger charge is -2.17. The number of hydrogen-bond acceptors (Lipinski definition) is 3. The standard InChI is InChI=1S/C15H16ClNO4/c1-3-9-17-15(20)10(2)21-14-11(7-8-13(18)19)5-4-6-12(14)16/h3-8,10H,1,9H2,2H3,(H,17,20)(H,18,19)/b8-7+. The van der Waals surface area contributed by atoms with Gasteiger partial charge in [0, 0.05) is 18.2 Å². The molecule has 1 atom stereocenters. The Kier molecular flexibility index (Phi) is 6.49. The number of ether oxygens (including phenoxy) is 1. The molecular formula is C15H16ClNO4. The van der Waals surface area contributed by atoms with Crippen LogP contribution in [0.3, 0.4) is 0 Å². The Labute approximate surface area is 127 Å². The van der Waals surface area contributed by atoms with Crippen molar-refractivity contribution in [2.45, 2.75) is 13.0 Å². The van der Waals surface area contributed by atoms with Crippen LogP contribution in [0.25, 0.3) is 6.08 Å². The van der Waals surface area contributed by atoms with Gasteiger partial charge in [0.25, 0.3) is 5.91 Å². The predicted molar refractivity (Wildman–Crippen MR) is 81.4 cm³/mol. The van der Waals surface area contributed by atoms with Crippen LogP contribution in [0.5, 0.6) is 5.75 Å². The van der Waals surface area contributed by atoms with Gasteiger partial charge in [-0.2, -0.15) is 0 Å². The molecule has 21 heavy (non-hydrogen) atoms. The number of amides is 1. The molecule has 0 saturated heterocycles. The zero-order chi connectivity index (χ0) is 15.8. The summed E-state index contributed by atoms with van der Waals surface area (Å²) in [4.78, 5) is 22.3. The Morgan fingerprint density at radius 3 is 2.86 bits per heavy atom. The molecule has 1 aromatic carbocycles. The van der Waals surface area contributed by atoms with Crippen LogP contribution in [0.2, 0.25) is 5.02 Å². The molecule has 1 rings (SSSR count). The predicted octanol–water partition coefficient (Wildman–Crippen LogP) is 2.51. The van der Waals surface area contributed by atoms with Crippen molar-refractivity contribution in [1.82, 2.24) is 5.32 Å². The summed E-state index contributed by atoms with van der Waals surface area (Å²) in [5.74, 6) is -1.14. The molecule has 0 saturated carbocycles. The van der Waals surface area contributed by atoms with Crippen molar-refractivity contribution in [2.75, 3.05) is 6.54 Å². The van der Waals surface area contributed by atoms with Crippen LogP contribution in [0.1, 0.15) is 12.5 Å². The Balaban J connectivity index is 2.93. The molecule has 0 aliphatic heterocycles. The van der Waals surface area contributed by atoms with Crippen LogP contribution in [0, 0.1) is 0 Å². The second-order valence-corrected chi connectivity index (χ2v) is 4.53. The quantitative estimate of drug-likeness (QED) is 0.599. The van der Waals surface area contributed by atoms with Gasteiger partial charge in [0.1, 0.15) is 5.75 Å². The van der Waals surface area contributed by atoms with E-state index in [0.717, 1.165) is 6.08 Å². The van der Waals surface area contributed by atoms with E-state index in [1.165, 1.54) is 6.08 Å². The highest BCUT2D eigenvalue weighted by atomic mass is 35.5. The SMILES string of the molecule is C=CCNC(=O)C(C)Oc1c(Cl)cccc1/C=C/C(=O)O. The van der Waals surface area contributed by atoms with Crippen LogP contribution in [0.4, 0.5) is 0 Å². The lowest BCUT2D eigenvalue weighted by atomic mass is 10.2. The number of carbonyl (C=O) groups is 2. The zero-order valence-electron chi connectivity index (χ0n) is 11.5. The summed E-state index contributed by atoms with van der Waals surface area (Å²) in [6.45, 7) is 5.41. The molecule has 2 N–H and O–H groups in total. The first-order valence-electron chi connectivity index (χ1n) is 6.20. The third kappa shape index (κ3) is 5.31. The van der Waals surface area contributed by atoms with Crippen molar-refractivity contribution in [3.63, 3.8) is 0 Å². The molecule has 1 aromatic rings. The molecule has 0 aromatic heterocycles. The van der Waals surface area contributed by atoms with E-state index in [1.807, 2.05) is 0 Å². The summed E-state index contributed by atoms with van der Waals surface area (Å²) >= 11 is 6.04. The van der Waals surface area contributed by atoms with Gasteiger partial charge in [-0.3, -0.25) is 4.79 Å². The normalized spacial score (nSPS) is 11.9. The largest absolute Gasteiger partial charge is 0.479 e. The summed E-state index contributed by atoms with van der Waals surface area (Å²) in [5, 5.41) is 11.6. The Bertz CT molecular complexity index is 569. The number of benzene rings is 1. The number of rotatable bonds is 7. The van der Waals surface area contributed by atoms with E-state index in [0.29, 0.717) is 17.1 Å². The van der Waals surface area contributed by atoms with E-state index >= 15 is 0 Å². The van der Waals surface area contributed by atoms with Gasteiger partial charge < -0.3 is 15.2 Å². The molecule has 5 nitrogen and oxygen atoms in total. The van der Waals surface area contributed by atoms with E-state index in [4.69, 9.17) is 21.4 Å². The molecule has 0 bridgehead atoms. The van der Waals surface area contributed by atoms with E-state index in [1.54, 1.807) is 31.2 Å². The lowest BCUT2D eigenvalue weighted by molar-refractivity contribution is -0.131. The van der Waals surface area contributed by atoms with Crippen molar-refractivity contribution in [2.24, 2.45) is 0 Å². The Morgan fingerprint density at radius 1 is 1.52 bits per heavy atom. The molecule has 0 aliphatic rings. The third-order valence-corrected chi connectivity index (χ3v) is 2.79. The van der Waals surface area contributed by atoms with E-state index in [-0.39, 0.29) is 11.7 Å². The fourth-order valence-electron chi connectivity index (χ4n) is 1.49. The van der Waals surface area contributed by atoms with E-state index < -0.39 is 12.1 Å². The minimum Gasteiger partial charge on any atom is -0.479 e. The lowest BCUT2D eigenvalue weighted by Crippen LogP contribution is -2.36. The van der Waals surface area contributed by atoms with Gasteiger partial charge >= 0.3 is 5.97 Å². The van der Waals surface area contributed by atoms with Crippen LogP contribution < -0.4 is 10.1 Å². The number of carboxylic acid groups (broad SMARTS) is 1. The summed E-state index contributed by atoms with van der Waals surface area (Å²) < 4.78 is 5.54. The average molecular weight is 310 g/mol. The number of aliphatic carboxylic acids is 1. The molecular weight excluding hydrogens is 294 g/mol. The van der Waals surface area contributed by atoms with Gasteiger partial charge in [-0.25, -0.2) is 4.79 Å². The smallest absolute Gasteiger partial charge is 0.328 e. The van der Waals surface area contributed by atoms with Gasteiger partial charge in [-0.15, -0.1) is 6.58 Å². The van der Waals surface area contributed by atoms with Crippen molar-refractivity contribution in [3.8, 4) is 5.75 Å². The maximum absolute atomic E-state index is 11.8. The zero-order valence-corrected chi connectivity index (χ0v) is 12.3. The van der Waals surface area contributed by atoms with Crippen molar-refractivity contribution >= 4 is 29.6 Å². The molecule has 0 heterocycles. The third-order valence-electron chi connectivity index (χ3n) is 2.49. The molecule has 6 heteroatoms. The average Bonchev–Trinajstić information content (AvgIpc) is 2.45. The van der Waals surface area contributed by atoms with Gasteiger partial charge in [0.2, 0.25) is 0 Å². The minimum atomic E-state index is -1.09. The highest BCUT2D eigenvalue weighted by molar-refractivity contribution is 6.32. The first kappa shape index (κ1) is 16.8. The highest BCUT2D eigenvalue weighted by Gasteiger charge is 2.17. The van der Waals surface area contributed by atoms with Crippen LogP contribution >= 0.6 is 11.6 Å². The molecule has 1 unspecified atom stereocenters. The number of carboxylic acids is 1. The Morgan fingerprint density at radius 2 is 2.24 bits per heavy atom. The highest BCUT2D eigenvalue weighted by Crippen LogP contribution is 2.30. The molecule has 1 amide bonds. The number of para-hydroxylation sites is 1. The van der Waals surface area contributed by atoms with Crippen LogP contribution in [-0.4, -0.2) is 29.6 Å². The maximum Gasteiger partial charge on any atom is 0.328 e. The van der Waals surface area contributed by atoms with E-state index in [2.05, 4.69) is 11.9 Å². The van der Waals surface area contributed by atoms with E-state index in [9.17, 15) is 9.59 Å². The van der Waals surface area contributed by atoms with Gasteiger partial charge in [0.15, 0.2) is 6.10 Å². The summed E-state index contributed by atoms with van der Waals surface area (Å²) in [6.07, 6.45) is 3.11. The fraction of sp³-hybridized carbons (Fsp3) is 0.200. The van der Waals surface area contributed by atoms with Gasteiger partial charge in [0.05, 0.1) is 5.02 Å². The van der Waals surface area contributed by atoms with Gasteiger partial charge in [-0.1, -0.05) is 29.8 Å². The van der Waals surface area contributed by atoms with Crippen molar-refractivity contribution < 1.29 is 19.4 Å².